The van der Waals surface area contributed by atoms with Crippen LogP contribution in [0.2, 0.25) is 0 Å². The topological polar surface area (TPSA) is 131 Å². The molecule has 2 aromatic carbocycles. The van der Waals surface area contributed by atoms with Crippen molar-refractivity contribution in [2.75, 3.05) is 25.5 Å². The molecule has 3 aromatic rings. The van der Waals surface area contributed by atoms with E-state index in [1.54, 1.807) is 11.9 Å². The van der Waals surface area contributed by atoms with Crippen LogP contribution in [-0.4, -0.2) is 85.3 Å². The Labute approximate surface area is 294 Å². The van der Waals surface area contributed by atoms with Gasteiger partial charge >= 0.3 is 12.3 Å². The third kappa shape index (κ3) is 6.38. The largest absolute Gasteiger partial charge is 0.475 e. The number of carbonyl (C=O) groups excluding carboxylic acids is 2. The van der Waals surface area contributed by atoms with E-state index < -0.39 is 45.7 Å². The standard InChI is InChI=1S/C36H40F3N5O6S/c1-21-7-5-8-22(2)30(21)28-14-29-41-32(40-28)42-51(47,48)27-10-6-9-23(13-27)31(45)44(26(20-50-29)19-35(11-12-35)36(37,38)39)25-17-34(18-25)15-24(16-34)43(3)33(46)49-4/h5-10,13-14,24-26H,11-12,15-20H2,1-4H3,(H,40,41,42)/t24?,25?,26-,34?/m1/s1. The Morgan fingerprint density at radius 3 is 2.35 bits per heavy atom. The van der Waals surface area contributed by atoms with Crippen molar-refractivity contribution in [1.29, 1.82) is 0 Å². The monoisotopic (exact) mass is 727 g/mol. The molecule has 3 fully saturated rings. The smallest absolute Gasteiger partial charge is 0.409 e. The highest BCUT2D eigenvalue weighted by Gasteiger charge is 2.65. The summed E-state index contributed by atoms with van der Waals surface area (Å²) in [5.74, 6) is -0.895. The van der Waals surface area contributed by atoms with E-state index in [2.05, 4.69) is 14.7 Å². The van der Waals surface area contributed by atoms with Crippen molar-refractivity contribution < 1.29 is 40.7 Å². The normalized spacial score (nSPS) is 26.2. The summed E-state index contributed by atoms with van der Waals surface area (Å²) in [6.07, 6.45) is -3.03. The molecule has 1 atom stereocenters. The van der Waals surface area contributed by atoms with Gasteiger partial charge in [-0.1, -0.05) is 24.3 Å². The van der Waals surface area contributed by atoms with Gasteiger partial charge in [0.15, 0.2) is 0 Å². The lowest BCUT2D eigenvalue weighted by molar-refractivity contribution is -0.194. The van der Waals surface area contributed by atoms with Gasteiger partial charge in [-0.05, 0) is 93.5 Å². The zero-order valence-corrected chi connectivity index (χ0v) is 29.6. The number of rotatable bonds is 5. The van der Waals surface area contributed by atoms with Crippen LogP contribution in [0, 0.1) is 24.7 Å². The molecule has 272 valence electrons. The van der Waals surface area contributed by atoms with E-state index in [-0.39, 0.29) is 59.6 Å². The first-order valence-corrected chi connectivity index (χ1v) is 18.4. The van der Waals surface area contributed by atoms with Crippen LogP contribution in [0.3, 0.4) is 0 Å². The lowest BCUT2D eigenvalue weighted by Gasteiger charge is -2.61. The summed E-state index contributed by atoms with van der Waals surface area (Å²) in [6.45, 7) is 3.46. The number of hydrogen-bond acceptors (Lipinski definition) is 8. The van der Waals surface area contributed by atoms with Gasteiger partial charge in [0.25, 0.3) is 15.9 Å². The number of fused-ring (bicyclic) bond motifs is 4. The highest BCUT2D eigenvalue weighted by atomic mass is 32.2. The highest BCUT2D eigenvalue weighted by Crippen LogP contribution is 2.62. The molecule has 1 N–H and O–H groups in total. The third-order valence-electron chi connectivity index (χ3n) is 11.3. The van der Waals surface area contributed by atoms with Crippen molar-refractivity contribution in [3.8, 4) is 17.1 Å². The van der Waals surface area contributed by atoms with Gasteiger partial charge in [0.1, 0.15) is 6.61 Å². The number of anilines is 1. The molecule has 0 saturated heterocycles. The number of nitrogens with one attached hydrogen (secondary N) is 1. The Bertz CT molecular complexity index is 1970. The van der Waals surface area contributed by atoms with Gasteiger partial charge in [0.2, 0.25) is 11.8 Å². The Balaban J connectivity index is 1.29. The molecular formula is C36H40F3N5O6S. The van der Waals surface area contributed by atoms with Gasteiger partial charge in [0.05, 0.1) is 29.2 Å². The number of nitrogens with zero attached hydrogens (tertiary/aromatic N) is 4. The molecule has 1 aliphatic heterocycles. The molecule has 0 radical (unpaired) electrons. The molecule has 2 heterocycles. The first-order valence-electron chi connectivity index (χ1n) is 17.0. The SMILES string of the molecule is COC(=O)N(C)C1CC2(C1)CC(N1C(=O)c3cccc(c3)S(=O)(=O)Nc3nc(cc(-c4c(C)cccc4C)n3)OC[C@H]1CC1(C(F)(F)F)CC1)C2. The van der Waals surface area contributed by atoms with Gasteiger partial charge < -0.3 is 19.3 Å². The molecule has 3 aliphatic carbocycles. The minimum Gasteiger partial charge on any atom is -0.475 e. The van der Waals surface area contributed by atoms with Gasteiger partial charge in [0, 0.05) is 36.3 Å². The molecule has 1 aromatic heterocycles. The van der Waals surface area contributed by atoms with Crippen molar-refractivity contribution in [2.45, 2.75) is 88.0 Å². The minimum atomic E-state index is -4.49. The zero-order valence-electron chi connectivity index (χ0n) is 28.8. The molecule has 15 heteroatoms. The molecular weight excluding hydrogens is 687 g/mol. The second-order valence-electron chi connectivity index (χ2n) is 14.7. The van der Waals surface area contributed by atoms with E-state index in [0.29, 0.717) is 31.4 Å². The fraction of sp³-hybridized carbons (Fsp3) is 0.500. The number of hydrogen-bond donors (Lipinski definition) is 1. The van der Waals surface area contributed by atoms with Gasteiger partial charge in [-0.25, -0.2) is 22.9 Å². The molecule has 7 rings (SSSR count). The van der Waals surface area contributed by atoms with Gasteiger partial charge in [-0.2, -0.15) is 18.2 Å². The molecule has 3 saturated carbocycles. The number of amides is 2. The van der Waals surface area contributed by atoms with Crippen molar-refractivity contribution in [2.24, 2.45) is 10.8 Å². The van der Waals surface area contributed by atoms with Crippen molar-refractivity contribution in [3.05, 3.63) is 65.2 Å². The minimum absolute atomic E-state index is 0.0284. The van der Waals surface area contributed by atoms with Gasteiger partial charge in [-0.15, -0.1) is 0 Å². The lowest BCUT2D eigenvalue weighted by atomic mass is 9.51. The summed E-state index contributed by atoms with van der Waals surface area (Å²) in [6, 6.07) is 11.2. The van der Waals surface area contributed by atoms with Crippen molar-refractivity contribution in [1.82, 2.24) is 19.8 Å². The van der Waals surface area contributed by atoms with Gasteiger partial charge in [-0.3, -0.25) is 4.79 Å². The average Bonchev–Trinajstić information content (AvgIpc) is 3.83. The van der Waals surface area contributed by atoms with Crippen molar-refractivity contribution >= 4 is 28.0 Å². The van der Waals surface area contributed by atoms with Crippen LogP contribution in [0.15, 0.2) is 53.4 Å². The van der Waals surface area contributed by atoms with Crippen LogP contribution in [-0.2, 0) is 14.8 Å². The number of alkyl halides is 3. The Hall–Kier alpha value is -4.40. The zero-order chi connectivity index (χ0) is 36.5. The molecule has 4 bridgehead atoms. The second kappa shape index (κ2) is 12.4. The Kier molecular flexibility index (Phi) is 8.50. The molecule has 2 amide bonds. The lowest BCUT2D eigenvalue weighted by Crippen LogP contribution is -2.64. The summed E-state index contributed by atoms with van der Waals surface area (Å²) < 4.78 is 84.5. The van der Waals surface area contributed by atoms with E-state index >= 15 is 0 Å². The van der Waals surface area contributed by atoms with E-state index in [1.165, 1.54) is 42.3 Å². The van der Waals surface area contributed by atoms with E-state index in [1.807, 2.05) is 32.0 Å². The first kappa shape index (κ1) is 35.0. The second-order valence-corrected chi connectivity index (χ2v) is 16.4. The quantitative estimate of drug-likeness (QED) is 0.315. The fourth-order valence-corrected chi connectivity index (χ4v) is 9.24. The number of ether oxygens (including phenoxy) is 2. The predicted molar refractivity (Wildman–Crippen MR) is 181 cm³/mol. The number of methoxy groups -OCH3 is 1. The number of halogens is 3. The number of sulfonamides is 1. The molecule has 1 spiro atoms. The molecule has 4 aliphatic rings. The number of carbonyl (C=O) groups is 2. The third-order valence-corrected chi connectivity index (χ3v) is 12.6. The maximum Gasteiger partial charge on any atom is 0.409 e. The van der Waals surface area contributed by atoms with Crippen LogP contribution < -0.4 is 9.46 Å². The van der Waals surface area contributed by atoms with Crippen molar-refractivity contribution in [3.63, 3.8) is 0 Å². The van der Waals surface area contributed by atoms with Crippen LogP contribution >= 0.6 is 0 Å². The number of benzene rings is 2. The number of aromatic nitrogens is 2. The maximum atomic E-state index is 14.5. The Morgan fingerprint density at radius 1 is 1.06 bits per heavy atom. The summed E-state index contributed by atoms with van der Waals surface area (Å²) >= 11 is 0. The summed E-state index contributed by atoms with van der Waals surface area (Å²) in [5.41, 5.74) is 0.716. The van der Waals surface area contributed by atoms with Crippen LogP contribution in [0.25, 0.3) is 11.3 Å². The van der Waals surface area contributed by atoms with Crippen LogP contribution in [0.4, 0.5) is 23.9 Å². The average molecular weight is 728 g/mol. The summed E-state index contributed by atoms with van der Waals surface area (Å²) in [7, 11) is -1.33. The number of aryl methyl sites for hydroxylation is 2. The summed E-state index contributed by atoms with van der Waals surface area (Å²) in [4.78, 5) is 38.3. The predicted octanol–water partition coefficient (Wildman–Crippen LogP) is 6.51. The molecule has 0 unspecified atom stereocenters. The van der Waals surface area contributed by atoms with Crippen LogP contribution in [0.5, 0.6) is 5.88 Å². The first-order chi connectivity index (χ1) is 24.0. The Morgan fingerprint density at radius 2 is 1.73 bits per heavy atom. The highest BCUT2D eigenvalue weighted by molar-refractivity contribution is 7.92. The van der Waals surface area contributed by atoms with E-state index in [0.717, 1.165) is 16.7 Å². The fourth-order valence-electron chi connectivity index (χ4n) is 8.25. The van der Waals surface area contributed by atoms with E-state index in [9.17, 15) is 31.2 Å². The molecule has 51 heavy (non-hydrogen) atoms. The van der Waals surface area contributed by atoms with E-state index in [4.69, 9.17) is 9.47 Å². The maximum absolute atomic E-state index is 14.5. The van der Waals surface area contributed by atoms with Crippen LogP contribution in [0.1, 0.15) is 66.4 Å². The molecule has 11 nitrogen and oxygen atoms in total. The summed E-state index contributed by atoms with van der Waals surface area (Å²) in [5, 5.41) is 0.